The van der Waals surface area contributed by atoms with E-state index in [0.29, 0.717) is 5.56 Å². The van der Waals surface area contributed by atoms with Crippen LogP contribution in [0.3, 0.4) is 0 Å². The molecule has 0 aliphatic rings. The van der Waals surface area contributed by atoms with E-state index in [4.69, 9.17) is 0 Å². The normalized spacial score (nSPS) is 10.9. The van der Waals surface area contributed by atoms with Crippen LogP contribution in [0.5, 0.6) is 5.88 Å². The molecule has 0 atom stereocenters. The van der Waals surface area contributed by atoms with Gasteiger partial charge in [-0.3, -0.25) is 0 Å². The molecule has 1 aromatic heterocycles. The Labute approximate surface area is 101 Å². The van der Waals surface area contributed by atoms with Crippen molar-refractivity contribution in [3.63, 3.8) is 0 Å². The highest BCUT2D eigenvalue weighted by atomic mass is 19.4. The first-order chi connectivity index (χ1) is 8.40. The van der Waals surface area contributed by atoms with Crippen molar-refractivity contribution in [2.75, 3.05) is 13.7 Å². The Morgan fingerprint density at radius 3 is 2.83 bits per heavy atom. The third kappa shape index (κ3) is 5.37. The third-order valence-corrected chi connectivity index (χ3v) is 1.86. The van der Waals surface area contributed by atoms with Crippen molar-refractivity contribution >= 4 is 6.03 Å². The molecule has 5 nitrogen and oxygen atoms in total. The van der Waals surface area contributed by atoms with E-state index in [9.17, 15) is 18.0 Å². The SMILES string of the molecule is CNC(=O)NCc1ccnc(OCC(F)(F)F)c1. The molecule has 0 bridgehead atoms. The highest BCUT2D eigenvalue weighted by Gasteiger charge is 2.28. The number of hydrogen-bond acceptors (Lipinski definition) is 3. The molecule has 0 aliphatic carbocycles. The maximum atomic E-state index is 11.9. The quantitative estimate of drug-likeness (QED) is 0.864. The summed E-state index contributed by atoms with van der Waals surface area (Å²) in [6.07, 6.45) is -3.09. The van der Waals surface area contributed by atoms with Gasteiger partial charge in [-0.15, -0.1) is 0 Å². The van der Waals surface area contributed by atoms with Gasteiger partial charge in [0.15, 0.2) is 6.61 Å². The van der Waals surface area contributed by atoms with Gasteiger partial charge in [0.05, 0.1) is 0 Å². The minimum Gasteiger partial charge on any atom is -0.468 e. The molecular formula is C10H12F3N3O2. The lowest BCUT2D eigenvalue weighted by atomic mass is 10.2. The number of alkyl halides is 3. The Hall–Kier alpha value is -1.99. The van der Waals surface area contributed by atoms with Gasteiger partial charge in [-0.1, -0.05) is 0 Å². The van der Waals surface area contributed by atoms with Crippen molar-refractivity contribution in [1.82, 2.24) is 15.6 Å². The lowest BCUT2D eigenvalue weighted by Gasteiger charge is -2.09. The average molecular weight is 263 g/mol. The number of ether oxygens (including phenoxy) is 1. The van der Waals surface area contributed by atoms with Gasteiger partial charge in [0, 0.05) is 25.9 Å². The summed E-state index contributed by atoms with van der Waals surface area (Å²) in [5.74, 6) is -0.136. The summed E-state index contributed by atoms with van der Waals surface area (Å²) in [5.41, 5.74) is 0.589. The van der Waals surface area contributed by atoms with Gasteiger partial charge < -0.3 is 15.4 Å². The van der Waals surface area contributed by atoms with Crippen LogP contribution >= 0.6 is 0 Å². The zero-order valence-corrected chi connectivity index (χ0v) is 9.54. The Bertz CT molecular complexity index is 410. The van der Waals surface area contributed by atoms with Crippen LogP contribution in [0.25, 0.3) is 0 Å². The van der Waals surface area contributed by atoms with Gasteiger partial charge in [0.1, 0.15) is 0 Å². The van der Waals surface area contributed by atoms with Crippen LogP contribution in [-0.2, 0) is 6.54 Å². The second-order valence-corrected chi connectivity index (χ2v) is 3.34. The number of urea groups is 1. The standard InChI is InChI=1S/C10H12F3N3O2/c1-14-9(17)16-5-7-2-3-15-8(4-7)18-6-10(11,12)13/h2-4H,5-6H2,1H3,(H2,14,16,17). The summed E-state index contributed by atoms with van der Waals surface area (Å²) >= 11 is 0. The zero-order valence-electron chi connectivity index (χ0n) is 9.54. The Kier molecular flexibility index (Phi) is 4.75. The molecule has 2 amide bonds. The number of carbonyl (C=O) groups is 1. The number of aromatic nitrogens is 1. The maximum absolute atomic E-state index is 11.9. The van der Waals surface area contributed by atoms with E-state index in [1.54, 1.807) is 6.07 Å². The first-order valence-corrected chi connectivity index (χ1v) is 5.01. The van der Waals surface area contributed by atoms with Crippen LogP contribution in [0.2, 0.25) is 0 Å². The smallest absolute Gasteiger partial charge is 0.422 e. The van der Waals surface area contributed by atoms with Gasteiger partial charge in [0.2, 0.25) is 5.88 Å². The van der Waals surface area contributed by atoms with Gasteiger partial charge in [0.25, 0.3) is 0 Å². The van der Waals surface area contributed by atoms with Crippen LogP contribution in [0.15, 0.2) is 18.3 Å². The molecule has 1 rings (SSSR count). The number of carbonyl (C=O) groups excluding carboxylic acids is 1. The summed E-state index contributed by atoms with van der Waals surface area (Å²) in [6.45, 7) is -1.23. The highest BCUT2D eigenvalue weighted by Crippen LogP contribution is 2.17. The van der Waals surface area contributed by atoms with E-state index in [-0.39, 0.29) is 18.5 Å². The van der Waals surface area contributed by atoms with E-state index in [1.807, 2.05) is 0 Å². The predicted molar refractivity (Wildman–Crippen MR) is 57.1 cm³/mol. The molecule has 0 unspecified atom stereocenters. The van der Waals surface area contributed by atoms with E-state index in [2.05, 4.69) is 20.4 Å². The molecule has 1 aromatic rings. The second-order valence-electron chi connectivity index (χ2n) is 3.34. The number of nitrogens with zero attached hydrogens (tertiary/aromatic N) is 1. The Morgan fingerprint density at radius 2 is 2.22 bits per heavy atom. The summed E-state index contributed by atoms with van der Waals surface area (Å²) < 4.78 is 40.3. The molecule has 0 fully saturated rings. The molecule has 1 heterocycles. The van der Waals surface area contributed by atoms with E-state index in [0.717, 1.165) is 0 Å². The van der Waals surface area contributed by atoms with Crippen LogP contribution in [0, 0.1) is 0 Å². The van der Waals surface area contributed by atoms with E-state index in [1.165, 1.54) is 19.3 Å². The molecule has 2 N–H and O–H groups in total. The number of amides is 2. The topological polar surface area (TPSA) is 63.2 Å². The molecular weight excluding hydrogens is 251 g/mol. The van der Waals surface area contributed by atoms with Crippen molar-refractivity contribution in [2.24, 2.45) is 0 Å². The van der Waals surface area contributed by atoms with Gasteiger partial charge in [-0.2, -0.15) is 13.2 Å². The number of rotatable bonds is 4. The maximum Gasteiger partial charge on any atom is 0.422 e. The number of hydrogen-bond donors (Lipinski definition) is 2. The fourth-order valence-electron chi connectivity index (χ4n) is 1.07. The molecule has 100 valence electrons. The molecule has 0 saturated heterocycles. The Morgan fingerprint density at radius 1 is 1.50 bits per heavy atom. The summed E-state index contributed by atoms with van der Waals surface area (Å²) in [6, 6.07) is 2.52. The molecule has 8 heteroatoms. The second kappa shape index (κ2) is 6.08. The number of pyridine rings is 1. The van der Waals surface area contributed by atoms with Crippen LogP contribution in [0.4, 0.5) is 18.0 Å². The lowest BCUT2D eigenvalue weighted by molar-refractivity contribution is -0.154. The van der Waals surface area contributed by atoms with E-state index < -0.39 is 12.8 Å². The number of nitrogens with one attached hydrogen (secondary N) is 2. The summed E-state index contributed by atoms with van der Waals surface area (Å²) in [5, 5.41) is 4.84. The number of halogens is 3. The highest BCUT2D eigenvalue weighted by molar-refractivity contribution is 5.73. The fourth-order valence-corrected chi connectivity index (χ4v) is 1.07. The summed E-state index contributed by atoms with van der Waals surface area (Å²) in [7, 11) is 1.46. The first kappa shape index (κ1) is 14.1. The third-order valence-electron chi connectivity index (χ3n) is 1.86. The van der Waals surface area contributed by atoms with Gasteiger partial charge in [-0.25, -0.2) is 9.78 Å². The zero-order chi connectivity index (χ0) is 13.6. The average Bonchev–Trinajstić information content (AvgIpc) is 2.33. The minimum absolute atomic E-state index is 0.136. The molecule has 0 spiro atoms. The fraction of sp³-hybridized carbons (Fsp3) is 0.400. The predicted octanol–water partition coefficient (Wildman–Crippen LogP) is 1.45. The largest absolute Gasteiger partial charge is 0.468 e. The molecule has 0 aliphatic heterocycles. The Balaban J connectivity index is 2.54. The minimum atomic E-state index is -4.40. The molecule has 0 saturated carbocycles. The molecule has 0 aromatic carbocycles. The van der Waals surface area contributed by atoms with Gasteiger partial charge >= 0.3 is 12.2 Å². The van der Waals surface area contributed by atoms with E-state index >= 15 is 0 Å². The lowest BCUT2D eigenvalue weighted by Crippen LogP contribution is -2.32. The first-order valence-electron chi connectivity index (χ1n) is 5.01. The van der Waals surface area contributed by atoms with Crippen molar-refractivity contribution < 1.29 is 22.7 Å². The monoisotopic (exact) mass is 263 g/mol. The van der Waals surface area contributed by atoms with Crippen LogP contribution < -0.4 is 15.4 Å². The van der Waals surface area contributed by atoms with Crippen LogP contribution in [0.1, 0.15) is 5.56 Å². The van der Waals surface area contributed by atoms with Crippen molar-refractivity contribution in [1.29, 1.82) is 0 Å². The van der Waals surface area contributed by atoms with Crippen molar-refractivity contribution in [2.45, 2.75) is 12.7 Å². The van der Waals surface area contributed by atoms with Crippen LogP contribution in [-0.4, -0.2) is 30.8 Å². The van der Waals surface area contributed by atoms with Crippen molar-refractivity contribution in [3.8, 4) is 5.88 Å². The van der Waals surface area contributed by atoms with Crippen molar-refractivity contribution in [3.05, 3.63) is 23.9 Å². The molecule has 0 radical (unpaired) electrons. The van der Waals surface area contributed by atoms with Gasteiger partial charge in [-0.05, 0) is 11.6 Å². The molecule has 18 heavy (non-hydrogen) atoms. The summed E-state index contributed by atoms with van der Waals surface area (Å²) in [4.78, 5) is 14.5.